The minimum Gasteiger partial charge on any atom is -0.325 e. The van der Waals surface area contributed by atoms with E-state index >= 15 is 0 Å². The lowest BCUT2D eigenvalue weighted by molar-refractivity contribution is -0.117. The molecule has 2 amide bonds. The van der Waals surface area contributed by atoms with Crippen LogP contribution in [0.3, 0.4) is 0 Å². The molecule has 0 fully saturated rings. The molecule has 3 aromatic carbocycles. The van der Waals surface area contributed by atoms with E-state index in [-0.39, 0.29) is 16.3 Å². The quantitative estimate of drug-likeness (QED) is 0.297. The molecule has 178 valence electrons. The van der Waals surface area contributed by atoms with Crippen LogP contribution in [-0.4, -0.2) is 16.1 Å². The van der Waals surface area contributed by atoms with Gasteiger partial charge in [-0.3, -0.25) is 9.59 Å². The molecule has 0 bridgehead atoms. The van der Waals surface area contributed by atoms with Crippen molar-refractivity contribution in [2.45, 2.75) is 24.1 Å². The predicted molar refractivity (Wildman–Crippen MR) is 138 cm³/mol. The molecule has 0 saturated carbocycles. The van der Waals surface area contributed by atoms with Gasteiger partial charge in [0.2, 0.25) is 5.91 Å². The van der Waals surface area contributed by atoms with E-state index in [1.54, 1.807) is 25.1 Å². The number of nitrogens with one attached hydrogen (secondary N) is 2. The van der Waals surface area contributed by atoms with Gasteiger partial charge in [0, 0.05) is 21.3 Å². The third kappa shape index (κ3) is 6.55. The zero-order chi connectivity index (χ0) is 25.2. The molecule has 2 N–H and O–H groups in total. The Balaban J connectivity index is 1.86. The molecule has 0 radical (unpaired) electrons. The highest BCUT2D eigenvalue weighted by Gasteiger charge is 2.37. The van der Waals surface area contributed by atoms with Gasteiger partial charge < -0.3 is 10.6 Å². The van der Waals surface area contributed by atoms with E-state index in [4.69, 9.17) is 58.0 Å². The van der Waals surface area contributed by atoms with Crippen LogP contribution >= 0.6 is 58.0 Å². The van der Waals surface area contributed by atoms with Crippen LogP contribution in [0.5, 0.6) is 0 Å². The summed E-state index contributed by atoms with van der Waals surface area (Å²) in [6, 6.07) is 13.0. The summed E-state index contributed by atoms with van der Waals surface area (Å²) >= 11 is 31.1. The number of amides is 2. The molecule has 0 spiro atoms. The standard InChI is InChI=1S/C24H18Cl5FN2O2/c1-12-7-16(30)3-5-18(12)22(33)32-20-11-17(4-6-19(20)27)31-23(34)21(24(2,28)29)13-8-14(25)10-15(26)9-13/h3-11,21H,1-2H3,(H,31,34)(H,32,33). The number of benzene rings is 3. The third-order valence-electron chi connectivity index (χ3n) is 4.90. The van der Waals surface area contributed by atoms with Crippen molar-refractivity contribution in [1.82, 2.24) is 0 Å². The first kappa shape index (κ1) is 26.6. The summed E-state index contributed by atoms with van der Waals surface area (Å²) in [5, 5.41) is 6.30. The van der Waals surface area contributed by atoms with Crippen molar-refractivity contribution in [2.75, 3.05) is 10.6 Å². The number of hydrogen-bond acceptors (Lipinski definition) is 2. The van der Waals surface area contributed by atoms with Gasteiger partial charge in [-0.05, 0) is 79.6 Å². The molecule has 0 heterocycles. The number of hydrogen-bond donors (Lipinski definition) is 2. The summed E-state index contributed by atoms with van der Waals surface area (Å²) in [6.07, 6.45) is 0. The lowest BCUT2D eigenvalue weighted by atomic mass is 9.94. The van der Waals surface area contributed by atoms with Crippen molar-refractivity contribution in [1.29, 1.82) is 0 Å². The van der Waals surface area contributed by atoms with Gasteiger partial charge in [0.15, 0.2) is 0 Å². The first-order chi connectivity index (χ1) is 15.8. The second-order valence-electron chi connectivity index (χ2n) is 7.69. The van der Waals surface area contributed by atoms with Gasteiger partial charge in [0.25, 0.3) is 5.91 Å². The van der Waals surface area contributed by atoms with Gasteiger partial charge in [-0.25, -0.2) is 4.39 Å². The minimum absolute atomic E-state index is 0.240. The maximum atomic E-state index is 13.4. The number of carbonyl (C=O) groups is 2. The molecule has 3 aromatic rings. The molecule has 0 aliphatic carbocycles. The van der Waals surface area contributed by atoms with Crippen LogP contribution in [0.4, 0.5) is 15.8 Å². The normalized spacial score (nSPS) is 12.2. The fraction of sp³-hybridized carbons (Fsp3) is 0.167. The average Bonchev–Trinajstić information content (AvgIpc) is 2.68. The Hall–Kier alpha value is -2.02. The van der Waals surface area contributed by atoms with Gasteiger partial charge >= 0.3 is 0 Å². The van der Waals surface area contributed by atoms with Crippen LogP contribution in [0.15, 0.2) is 54.6 Å². The zero-order valence-electron chi connectivity index (χ0n) is 17.9. The molecule has 0 aliphatic heterocycles. The lowest BCUT2D eigenvalue weighted by Crippen LogP contribution is -2.32. The Kier molecular flexibility index (Phi) is 8.38. The molecule has 34 heavy (non-hydrogen) atoms. The number of rotatable bonds is 6. The molecule has 1 unspecified atom stereocenters. The molecular formula is C24H18Cl5FN2O2. The Morgan fingerprint density at radius 3 is 2.15 bits per heavy atom. The molecule has 0 aromatic heterocycles. The Labute approximate surface area is 221 Å². The van der Waals surface area contributed by atoms with Crippen LogP contribution in [0.2, 0.25) is 15.1 Å². The summed E-state index contributed by atoms with van der Waals surface area (Å²) < 4.78 is 11.9. The lowest BCUT2D eigenvalue weighted by Gasteiger charge is -2.26. The first-order valence-electron chi connectivity index (χ1n) is 9.87. The maximum Gasteiger partial charge on any atom is 0.255 e. The highest BCUT2D eigenvalue weighted by molar-refractivity contribution is 6.50. The molecule has 10 heteroatoms. The van der Waals surface area contributed by atoms with Gasteiger partial charge in [0.05, 0.1) is 16.6 Å². The van der Waals surface area contributed by atoms with E-state index in [2.05, 4.69) is 10.6 Å². The van der Waals surface area contributed by atoms with Crippen LogP contribution in [0, 0.1) is 12.7 Å². The van der Waals surface area contributed by atoms with Crippen molar-refractivity contribution in [3.8, 4) is 0 Å². The van der Waals surface area contributed by atoms with E-state index in [1.165, 1.54) is 43.3 Å². The van der Waals surface area contributed by atoms with Crippen LogP contribution < -0.4 is 10.6 Å². The van der Waals surface area contributed by atoms with Crippen LogP contribution in [0.25, 0.3) is 0 Å². The first-order valence-corrected chi connectivity index (χ1v) is 11.8. The Bertz CT molecular complexity index is 1240. The third-order valence-corrected chi connectivity index (χ3v) is 6.10. The summed E-state index contributed by atoms with van der Waals surface area (Å²) in [4.78, 5) is 25.9. The van der Waals surface area contributed by atoms with Gasteiger partial charge in [-0.1, -0.05) is 34.8 Å². The second-order valence-corrected chi connectivity index (χ2v) is 10.7. The number of alkyl halides is 2. The van der Waals surface area contributed by atoms with Crippen molar-refractivity contribution in [2.24, 2.45) is 0 Å². The highest BCUT2D eigenvalue weighted by atomic mass is 35.5. The van der Waals surface area contributed by atoms with E-state index in [0.29, 0.717) is 26.9 Å². The average molecular weight is 563 g/mol. The number of carbonyl (C=O) groups excluding carboxylic acids is 2. The van der Waals surface area contributed by atoms with Crippen molar-refractivity contribution < 1.29 is 14.0 Å². The van der Waals surface area contributed by atoms with E-state index in [1.807, 2.05) is 0 Å². The van der Waals surface area contributed by atoms with E-state index in [0.717, 1.165) is 0 Å². The molecule has 1 atom stereocenters. The Morgan fingerprint density at radius 1 is 0.912 bits per heavy atom. The smallest absolute Gasteiger partial charge is 0.255 e. The van der Waals surface area contributed by atoms with Gasteiger partial charge in [0.1, 0.15) is 10.2 Å². The van der Waals surface area contributed by atoms with Crippen molar-refractivity contribution in [3.05, 3.63) is 92.2 Å². The summed E-state index contributed by atoms with van der Waals surface area (Å²) in [5.41, 5.74) is 1.75. The molecular weight excluding hydrogens is 545 g/mol. The summed E-state index contributed by atoms with van der Waals surface area (Å²) in [5.74, 6) is -2.48. The Morgan fingerprint density at radius 2 is 1.56 bits per heavy atom. The fourth-order valence-corrected chi connectivity index (χ4v) is 4.56. The molecule has 0 saturated heterocycles. The predicted octanol–water partition coefficient (Wildman–Crippen LogP) is 8.26. The van der Waals surface area contributed by atoms with Crippen molar-refractivity contribution >= 4 is 81.2 Å². The molecule has 3 rings (SSSR count). The highest BCUT2D eigenvalue weighted by Crippen LogP contribution is 2.40. The molecule has 0 aliphatic rings. The minimum atomic E-state index is -1.50. The van der Waals surface area contributed by atoms with E-state index in [9.17, 15) is 14.0 Å². The largest absolute Gasteiger partial charge is 0.325 e. The number of anilines is 2. The zero-order valence-corrected chi connectivity index (χ0v) is 21.6. The topological polar surface area (TPSA) is 58.2 Å². The summed E-state index contributed by atoms with van der Waals surface area (Å²) in [6.45, 7) is 3.10. The van der Waals surface area contributed by atoms with Crippen molar-refractivity contribution in [3.63, 3.8) is 0 Å². The van der Waals surface area contributed by atoms with Crippen LogP contribution in [0.1, 0.15) is 34.3 Å². The summed E-state index contributed by atoms with van der Waals surface area (Å²) in [7, 11) is 0. The van der Waals surface area contributed by atoms with Gasteiger partial charge in [-0.15, -0.1) is 23.2 Å². The molecule has 4 nitrogen and oxygen atoms in total. The van der Waals surface area contributed by atoms with Gasteiger partial charge in [-0.2, -0.15) is 0 Å². The van der Waals surface area contributed by atoms with E-state index < -0.39 is 27.9 Å². The number of halogens is 6. The number of aryl methyl sites for hydroxylation is 1. The monoisotopic (exact) mass is 560 g/mol. The SMILES string of the molecule is Cc1cc(F)ccc1C(=O)Nc1cc(NC(=O)C(c2cc(Cl)cc(Cl)c2)C(C)(Cl)Cl)ccc1Cl. The fourth-order valence-electron chi connectivity index (χ4n) is 3.40. The maximum absolute atomic E-state index is 13.4. The van der Waals surface area contributed by atoms with Crippen LogP contribution in [-0.2, 0) is 4.79 Å². The second kappa shape index (κ2) is 10.7.